The summed E-state index contributed by atoms with van der Waals surface area (Å²) in [6.07, 6.45) is 3.50. The molecular formula is C25H25N3O4. The second-order valence-corrected chi connectivity index (χ2v) is 8.57. The van der Waals surface area contributed by atoms with Gasteiger partial charge in [0.2, 0.25) is 12.7 Å². The van der Waals surface area contributed by atoms with Crippen LogP contribution in [0.5, 0.6) is 28.9 Å². The maximum atomic E-state index is 6.34. The van der Waals surface area contributed by atoms with Gasteiger partial charge in [0.1, 0.15) is 0 Å². The lowest BCUT2D eigenvalue weighted by molar-refractivity contribution is 0.158. The van der Waals surface area contributed by atoms with Crippen LogP contribution in [0.4, 0.5) is 5.69 Å². The van der Waals surface area contributed by atoms with E-state index < -0.39 is 0 Å². The van der Waals surface area contributed by atoms with Crippen LogP contribution in [0.2, 0.25) is 0 Å². The molecule has 7 heteroatoms. The molecule has 1 unspecified atom stereocenters. The van der Waals surface area contributed by atoms with Gasteiger partial charge in [-0.05, 0) is 60.7 Å². The number of methoxy groups -OCH3 is 1. The zero-order valence-corrected chi connectivity index (χ0v) is 18.2. The molecule has 164 valence electrons. The van der Waals surface area contributed by atoms with Crippen LogP contribution in [-0.4, -0.2) is 30.3 Å². The molecule has 3 aliphatic rings. The molecule has 2 aromatic carbocycles. The zero-order chi connectivity index (χ0) is 21.8. The van der Waals surface area contributed by atoms with Crippen molar-refractivity contribution >= 4 is 5.69 Å². The van der Waals surface area contributed by atoms with Gasteiger partial charge in [0.25, 0.3) is 0 Å². The monoisotopic (exact) mass is 431 g/mol. The molecule has 0 bridgehead atoms. The zero-order valence-electron chi connectivity index (χ0n) is 18.2. The summed E-state index contributed by atoms with van der Waals surface area (Å²) < 4.78 is 23.3. The van der Waals surface area contributed by atoms with Gasteiger partial charge in [-0.15, -0.1) is 0 Å². The minimum absolute atomic E-state index is 0.300. The standard InChI is InChI=1S/C25H25N3O4/c1-14-7-17(26)11-27-25(14)32-24-19-12-28-6-5-16-9-22-23(31-13-30-22)10-18(16)20(28)8-15(19)3-4-21(24)29-2/h3-4,7,9-11,20H,5-6,8,12-13,26H2,1-2H3. The molecule has 1 atom stereocenters. The Kier molecular flexibility index (Phi) is 4.40. The summed E-state index contributed by atoms with van der Waals surface area (Å²) in [5.41, 5.74) is 12.5. The van der Waals surface area contributed by atoms with Gasteiger partial charge in [-0.3, -0.25) is 4.90 Å². The van der Waals surface area contributed by atoms with E-state index in [2.05, 4.69) is 28.1 Å². The van der Waals surface area contributed by atoms with Crippen molar-refractivity contribution < 1.29 is 18.9 Å². The fourth-order valence-corrected chi connectivity index (χ4v) is 5.05. The summed E-state index contributed by atoms with van der Waals surface area (Å²) in [6, 6.07) is 10.6. The minimum atomic E-state index is 0.300. The number of aryl methyl sites for hydroxylation is 1. The third kappa shape index (κ3) is 3.04. The van der Waals surface area contributed by atoms with Crippen LogP contribution < -0.4 is 24.7 Å². The number of nitrogen functional groups attached to an aromatic ring is 1. The maximum absolute atomic E-state index is 6.34. The number of benzene rings is 2. The number of ether oxygens (including phenoxy) is 4. The van der Waals surface area contributed by atoms with Crippen LogP contribution in [-0.2, 0) is 19.4 Å². The molecule has 1 aromatic heterocycles. The molecule has 6 rings (SSSR count). The lowest BCUT2D eigenvalue weighted by Gasteiger charge is -2.42. The van der Waals surface area contributed by atoms with E-state index >= 15 is 0 Å². The highest BCUT2D eigenvalue weighted by atomic mass is 16.7. The summed E-state index contributed by atoms with van der Waals surface area (Å²) in [6.45, 7) is 4.01. The predicted molar refractivity (Wildman–Crippen MR) is 120 cm³/mol. The molecule has 3 aliphatic heterocycles. The van der Waals surface area contributed by atoms with Crippen LogP contribution in [0.15, 0.2) is 36.5 Å². The smallest absolute Gasteiger partial charge is 0.231 e. The summed E-state index contributed by atoms with van der Waals surface area (Å²) in [5, 5.41) is 0. The number of aromatic nitrogens is 1. The van der Waals surface area contributed by atoms with Crippen LogP contribution >= 0.6 is 0 Å². The molecule has 0 saturated heterocycles. The molecule has 0 saturated carbocycles. The highest BCUT2D eigenvalue weighted by Gasteiger charge is 2.35. The molecule has 2 N–H and O–H groups in total. The molecule has 7 nitrogen and oxygen atoms in total. The lowest BCUT2D eigenvalue weighted by Crippen LogP contribution is -2.39. The third-order valence-electron chi connectivity index (χ3n) is 6.67. The van der Waals surface area contributed by atoms with Crippen LogP contribution in [0.3, 0.4) is 0 Å². The Labute approximate surface area is 186 Å². The normalized spacial score (nSPS) is 18.5. The number of nitrogens with two attached hydrogens (primary N) is 1. The van der Waals surface area contributed by atoms with E-state index in [1.54, 1.807) is 13.3 Å². The number of pyridine rings is 1. The highest BCUT2D eigenvalue weighted by molar-refractivity contribution is 5.56. The van der Waals surface area contributed by atoms with E-state index in [0.717, 1.165) is 54.3 Å². The van der Waals surface area contributed by atoms with E-state index in [9.17, 15) is 0 Å². The van der Waals surface area contributed by atoms with Crippen molar-refractivity contribution in [2.45, 2.75) is 32.4 Å². The fraction of sp³-hybridized carbons (Fsp3) is 0.320. The van der Waals surface area contributed by atoms with E-state index in [1.165, 1.54) is 16.7 Å². The van der Waals surface area contributed by atoms with Crippen molar-refractivity contribution in [3.63, 3.8) is 0 Å². The van der Waals surface area contributed by atoms with Crippen LogP contribution in [0.1, 0.15) is 33.9 Å². The van der Waals surface area contributed by atoms with Crippen LogP contribution in [0.25, 0.3) is 0 Å². The van der Waals surface area contributed by atoms with Gasteiger partial charge >= 0.3 is 0 Å². The number of fused-ring (bicyclic) bond motifs is 5. The molecular weight excluding hydrogens is 406 g/mol. The van der Waals surface area contributed by atoms with Gasteiger partial charge in [0.15, 0.2) is 23.0 Å². The second-order valence-electron chi connectivity index (χ2n) is 8.57. The van der Waals surface area contributed by atoms with Gasteiger partial charge in [0, 0.05) is 30.3 Å². The van der Waals surface area contributed by atoms with Crippen molar-refractivity contribution in [3.05, 3.63) is 64.3 Å². The van der Waals surface area contributed by atoms with E-state index in [4.69, 9.17) is 24.7 Å². The molecule has 32 heavy (non-hydrogen) atoms. The number of anilines is 1. The van der Waals surface area contributed by atoms with E-state index in [0.29, 0.717) is 30.2 Å². The number of hydrogen-bond donors (Lipinski definition) is 1. The quantitative estimate of drug-likeness (QED) is 0.667. The molecule has 0 aliphatic carbocycles. The van der Waals surface area contributed by atoms with Crippen LogP contribution in [0, 0.1) is 6.92 Å². The first-order chi connectivity index (χ1) is 15.6. The Hall–Kier alpha value is -3.45. The topological polar surface area (TPSA) is 79.1 Å². The summed E-state index contributed by atoms with van der Waals surface area (Å²) in [5.74, 6) is 3.70. The summed E-state index contributed by atoms with van der Waals surface area (Å²) in [7, 11) is 1.67. The molecule has 0 spiro atoms. The van der Waals surface area contributed by atoms with E-state index in [-0.39, 0.29) is 0 Å². The van der Waals surface area contributed by atoms with E-state index in [1.807, 2.05) is 19.1 Å². The molecule has 4 heterocycles. The Morgan fingerprint density at radius 3 is 2.78 bits per heavy atom. The van der Waals surface area contributed by atoms with Crippen molar-refractivity contribution in [1.29, 1.82) is 0 Å². The predicted octanol–water partition coefficient (Wildman–Crippen LogP) is 4.16. The summed E-state index contributed by atoms with van der Waals surface area (Å²) in [4.78, 5) is 6.92. The summed E-state index contributed by atoms with van der Waals surface area (Å²) >= 11 is 0. The first kappa shape index (κ1) is 19.3. The molecule has 0 radical (unpaired) electrons. The van der Waals surface area contributed by atoms with Gasteiger partial charge in [-0.1, -0.05) is 6.07 Å². The lowest BCUT2D eigenvalue weighted by atomic mass is 9.83. The largest absolute Gasteiger partial charge is 0.493 e. The van der Waals surface area contributed by atoms with Crippen molar-refractivity contribution in [1.82, 2.24) is 9.88 Å². The SMILES string of the molecule is COc1ccc2c(c1Oc1ncc(N)cc1C)CN1CCc3cc4c(cc3C1C2)OCO4. The Morgan fingerprint density at radius 1 is 1.12 bits per heavy atom. The molecule has 3 aromatic rings. The van der Waals surface area contributed by atoms with Crippen molar-refractivity contribution in [3.8, 4) is 28.9 Å². The van der Waals surface area contributed by atoms with Crippen molar-refractivity contribution in [2.24, 2.45) is 0 Å². The number of rotatable bonds is 3. The number of nitrogens with zero attached hydrogens (tertiary/aromatic N) is 2. The van der Waals surface area contributed by atoms with Gasteiger partial charge in [-0.2, -0.15) is 0 Å². The van der Waals surface area contributed by atoms with Gasteiger partial charge < -0.3 is 24.7 Å². The minimum Gasteiger partial charge on any atom is -0.493 e. The Morgan fingerprint density at radius 2 is 1.97 bits per heavy atom. The van der Waals surface area contributed by atoms with Crippen molar-refractivity contribution in [2.75, 3.05) is 26.2 Å². The van der Waals surface area contributed by atoms with Gasteiger partial charge in [-0.25, -0.2) is 4.98 Å². The Balaban J connectivity index is 1.39. The first-order valence-electron chi connectivity index (χ1n) is 10.9. The fourth-order valence-electron chi connectivity index (χ4n) is 5.05. The highest BCUT2D eigenvalue weighted by Crippen LogP contribution is 2.47. The first-order valence-corrected chi connectivity index (χ1v) is 10.9. The maximum Gasteiger partial charge on any atom is 0.231 e. The third-order valence-corrected chi connectivity index (χ3v) is 6.67. The molecule has 0 amide bonds. The Bertz CT molecular complexity index is 1230. The average Bonchev–Trinajstić information content (AvgIpc) is 3.26. The molecule has 0 fully saturated rings. The van der Waals surface area contributed by atoms with Gasteiger partial charge in [0.05, 0.1) is 19.0 Å². The second kappa shape index (κ2) is 7.31. The average molecular weight is 431 g/mol. The number of hydrogen-bond acceptors (Lipinski definition) is 7.